The second kappa shape index (κ2) is 4.43. The summed E-state index contributed by atoms with van der Waals surface area (Å²) in [7, 11) is 0. The molecule has 2 nitrogen and oxygen atoms in total. The highest BCUT2D eigenvalue weighted by atomic mass is 16.1. The van der Waals surface area contributed by atoms with Crippen LogP contribution in [0.3, 0.4) is 0 Å². The zero-order chi connectivity index (χ0) is 14.8. The molecule has 0 aromatic rings. The van der Waals surface area contributed by atoms with E-state index >= 15 is 0 Å². The first-order valence-electron chi connectivity index (χ1n) is 9.01. The summed E-state index contributed by atoms with van der Waals surface area (Å²) < 4.78 is 0. The molecule has 4 aliphatic carbocycles. The highest BCUT2D eigenvalue weighted by Crippen LogP contribution is 2.64. The zero-order valence-electron chi connectivity index (χ0n) is 13.5. The van der Waals surface area contributed by atoms with Crippen molar-refractivity contribution in [3.63, 3.8) is 0 Å². The molecule has 0 aromatic carbocycles. The van der Waals surface area contributed by atoms with Gasteiger partial charge in [0.1, 0.15) is 11.6 Å². The molecule has 0 amide bonds. The summed E-state index contributed by atoms with van der Waals surface area (Å²) >= 11 is 0. The predicted molar refractivity (Wildman–Crippen MR) is 81.7 cm³/mol. The van der Waals surface area contributed by atoms with Crippen molar-refractivity contribution in [2.45, 2.75) is 71.6 Å². The molecule has 0 radical (unpaired) electrons. The van der Waals surface area contributed by atoms with E-state index in [-0.39, 0.29) is 22.7 Å². The van der Waals surface area contributed by atoms with Crippen molar-refractivity contribution in [1.82, 2.24) is 0 Å². The zero-order valence-corrected chi connectivity index (χ0v) is 13.5. The van der Waals surface area contributed by atoms with Gasteiger partial charge >= 0.3 is 0 Å². The largest absolute Gasteiger partial charge is 0.299 e. The van der Waals surface area contributed by atoms with Gasteiger partial charge in [0, 0.05) is 24.7 Å². The Morgan fingerprint density at radius 3 is 2.52 bits per heavy atom. The topological polar surface area (TPSA) is 34.1 Å². The van der Waals surface area contributed by atoms with Gasteiger partial charge in [0.15, 0.2) is 0 Å². The number of fused-ring (bicyclic) bond motifs is 5. The van der Waals surface area contributed by atoms with Gasteiger partial charge in [-0.25, -0.2) is 0 Å². The SMILES string of the molecule is C[C@@]12CCC(=O)[C@H]1[C@@H]1CC[C@H]3CCCC[C@]3(C)[C@H]1C(=O)C2. The number of rotatable bonds is 0. The minimum Gasteiger partial charge on any atom is -0.299 e. The van der Waals surface area contributed by atoms with Gasteiger partial charge in [0.2, 0.25) is 0 Å². The summed E-state index contributed by atoms with van der Waals surface area (Å²) in [4.78, 5) is 25.6. The molecule has 4 rings (SSSR count). The van der Waals surface area contributed by atoms with Crippen LogP contribution in [-0.4, -0.2) is 11.6 Å². The quantitative estimate of drug-likeness (QED) is 0.670. The lowest BCUT2D eigenvalue weighted by Gasteiger charge is -2.58. The molecule has 0 saturated heterocycles. The fourth-order valence-corrected chi connectivity index (χ4v) is 6.90. The molecule has 0 aliphatic heterocycles. The molecule has 21 heavy (non-hydrogen) atoms. The third-order valence-corrected chi connectivity index (χ3v) is 7.83. The van der Waals surface area contributed by atoms with E-state index in [9.17, 15) is 9.59 Å². The maximum atomic E-state index is 13.0. The third-order valence-electron chi connectivity index (χ3n) is 7.83. The van der Waals surface area contributed by atoms with E-state index in [2.05, 4.69) is 13.8 Å². The lowest BCUT2D eigenvalue weighted by Crippen LogP contribution is -2.56. The fraction of sp³-hybridized carbons (Fsp3) is 0.895. The number of ketones is 2. The summed E-state index contributed by atoms with van der Waals surface area (Å²) in [6.45, 7) is 4.60. The Morgan fingerprint density at radius 1 is 0.905 bits per heavy atom. The smallest absolute Gasteiger partial charge is 0.137 e. The summed E-state index contributed by atoms with van der Waals surface area (Å²) in [5.41, 5.74) is 0.190. The van der Waals surface area contributed by atoms with Gasteiger partial charge in [-0.1, -0.05) is 26.7 Å². The van der Waals surface area contributed by atoms with Crippen molar-refractivity contribution in [1.29, 1.82) is 0 Å². The summed E-state index contributed by atoms with van der Waals surface area (Å²) in [5.74, 6) is 2.46. The van der Waals surface area contributed by atoms with Crippen molar-refractivity contribution >= 4 is 11.6 Å². The van der Waals surface area contributed by atoms with Crippen molar-refractivity contribution in [2.75, 3.05) is 0 Å². The molecule has 4 saturated carbocycles. The lowest BCUT2D eigenvalue weighted by molar-refractivity contribution is -0.158. The van der Waals surface area contributed by atoms with Crippen LogP contribution >= 0.6 is 0 Å². The van der Waals surface area contributed by atoms with Crippen LogP contribution in [0.15, 0.2) is 0 Å². The van der Waals surface area contributed by atoms with E-state index in [1.54, 1.807) is 0 Å². The van der Waals surface area contributed by atoms with Crippen LogP contribution in [0.25, 0.3) is 0 Å². The highest BCUT2D eigenvalue weighted by Gasteiger charge is 2.62. The minimum absolute atomic E-state index is 0.00675. The second-order valence-corrected chi connectivity index (χ2v) is 8.91. The molecule has 0 bridgehead atoms. The van der Waals surface area contributed by atoms with Crippen LogP contribution < -0.4 is 0 Å². The Balaban J connectivity index is 1.75. The number of carbonyl (C=O) groups is 2. The Bertz CT molecular complexity index is 496. The monoisotopic (exact) mass is 288 g/mol. The number of Topliss-reactive ketones (excluding diaryl/α,β-unsaturated/α-hetero) is 2. The van der Waals surface area contributed by atoms with Gasteiger partial charge in [-0.05, 0) is 54.8 Å². The van der Waals surface area contributed by atoms with E-state index in [4.69, 9.17) is 0 Å². The molecule has 0 N–H and O–H groups in total. The van der Waals surface area contributed by atoms with Crippen molar-refractivity contribution in [3.05, 3.63) is 0 Å². The van der Waals surface area contributed by atoms with E-state index < -0.39 is 0 Å². The molecule has 0 spiro atoms. The molecule has 6 atom stereocenters. The normalized spacial score (nSPS) is 53.0. The molecule has 0 aromatic heterocycles. The molecular weight excluding hydrogens is 260 g/mol. The molecule has 0 heterocycles. The standard InChI is InChI=1S/C19H28O2/c1-18-10-8-14(20)16(18)13-7-6-12-5-3-4-9-19(12,2)17(13)15(21)11-18/h12-13,16-17H,3-11H2,1-2H3/t12-,13+,16-,17-,18+,19+/m1/s1. The number of hydrogen-bond acceptors (Lipinski definition) is 2. The Morgan fingerprint density at radius 2 is 1.71 bits per heavy atom. The summed E-state index contributed by atoms with van der Waals surface area (Å²) in [6.07, 6.45) is 9.86. The van der Waals surface area contributed by atoms with Crippen molar-refractivity contribution in [2.24, 2.45) is 34.5 Å². The maximum absolute atomic E-state index is 13.0. The Kier molecular flexibility index (Phi) is 2.94. The fourth-order valence-electron chi connectivity index (χ4n) is 6.90. The molecule has 0 unspecified atom stereocenters. The van der Waals surface area contributed by atoms with Gasteiger partial charge in [-0.15, -0.1) is 0 Å². The van der Waals surface area contributed by atoms with E-state index in [1.165, 1.54) is 32.1 Å². The average molecular weight is 288 g/mol. The molecule has 4 aliphatic rings. The minimum atomic E-state index is -0.00675. The maximum Gasteiger partial charge on any atom is 0.137 e. The highest BCUT2D eigenvalue weighted by molar-refractivity contribution is 5.91. The predicted octanol–water partition coefficient (Wildman–Crippen LogP) is 4.17. The third kappa shape index (κ3) is 1.77. The van der Waals surface area contributed by atoms with Crippen LogP contribution in [0.2, 0.25) is 0 Å². The van der Waals surface area contributed by atoms with Crippen LogP contribution in [0, 0.1) is 34.5 Å². The number of carbonyl (C=O) groups excluding carboxylic acids is 2. The molecule has 2 heteroatoms. The van der Waals surface area contributed by atoms with Gasteiger partial charge < -0.3 is 0 Å². The molecular formula is C19H28O2. The van der Waals surface area contributed by atoms with E-state index in [1.807, 2.05) is 0 Å². The van der Waals surface area contributed by atoms with Crippen LogP contribution in [-0.2, 0) is 9.59 Å². The van der Waals surface area contributed by atoms with Crippen LogP contribution in [0.4, 0.5) is 0 Å². The summed E-state index contributed by atoms with van der Waals surface area (Å²) in [5, 5.41) is 0. The summed E-state index contributed by atoms with van der Waals surface area (Å²) in [6, 6.07) is 0. The first kappa shape index (κ1) is 14.0. The van der Waals surface area contributed by atoms with Crippen LogP contribution in [0.1, 0.15) is 71.6 Å². The first-order chi connectivity index (χ1) is 9.96. The van der Waals surface area contributed by atoms with Crippen molar-refractivity contribution < 1.29 is 9.59 Å². The van der Waals surface area contributed by atoms with Gasteiger partial charge in [0.05, 0.1) is 0 Å². The average Bonchev–Trinajstić information content (AvgIpc) is 2.73. The van der Waals surface area contributed by atoms with Gasteiger partial charge in [-0.3, -0.25) is 9.59 Å². The van der Waals surface area contributed by atoms with E-state index in [0.29, 0.717) is 23.9 Å². The Labute approximate surface area is 128 Å². The molecule has 116 valence electrons. The van der Waals surface area contributed by atoms with Crippen molar-refractivity contribution in [3.8, 4) is 0 Å². The van der Waals surface area contributed by atoms with E-state index in [0.717, 1.165) is 25.2 Å². The Hall–Kier alpha value is -0.660. The first-order valence-corrected chi connectivity index (χ1v) is 9.01. The molecule has 4 fully saturated rings. The second-order valence-electron chi connectivity index (χ2n) is 8.91. The van der Waals surface area contributed by atoms with Gasteiger partial charge in [0.25, 0.3) is 0 Å². The number of hydrogen-bond donors (Lipinski definition) is 0. The van der Waals surface area contributed by atoms with Gasteiger partial charge in [-0.2, -0.15) is 0 Å². The van der Waals surface area contributed by atoms with Crippen LogP contribution in [0.5, 0.6) is 0 Å². The lowest BCUT2D eigenvalue weighted by atomic mass is 9.45.